The molecule has 0 aliphatic rings. The lowest BCUT2D eigenvalue weighted by molar-refractivity contribution is 0.0947. The first-order valence-electron chi connectivity index (χ1n) is 8.90. The van der Waals surface area contributed by atoms with Gasteiger partial charge in [-0.3, -0.25) is 14.3 Å². The Morgan fingerprint density at radius 2 is 1.88 bits per heavy atom. The van der Waals surface area contributed by atoms with E-state index in [0.29, 0.717) is 48.0 Å². The van der Waals surface area contributed by atoms with E-state index in [1.165, 1.54) is 4.68 Å². The number of anilines is 1. The highest BCUT2D eigenvalue weighted by atomic mass is 16.5. The van der Waals surface area contributed by atoms with Crippen LogP contribution in [0.25, 0.3) is 0 Å². The second-order valence-electron chi connectivity index (χ2n) is 5.79. The maximum atomic E-state index is 12.8. The Morgan fingerprint density at radius 3 is 2.54 bits per heavy atom. The van der Waals surface area contributed by atoms with Crippen molar-refractivity contribution in [2.45, 2.75) is 33.6 Å². The molecule has 140 valence electrons. The maximum Gasteiger partial charge on any atom is 0.271 e. The van der Waals surface area contributed by atoms with Gasteiger partial charge in [-0.1, -0.05) is 25.5 Å². The van der Waals surface area contributed by atoms with Crippen molar-refractivity contribution in [3.05, 3.63) is 41.2 Å². The zero-order chi connectivity index (χ0) is 19.1. The van der Waals surface area contributed by atoms with E-state index >= 15 is 0 Å². The Kier molecular flexibility index (Phi) is 6.77. The maximum absolute atomic E-state index is 12.8. The number of nitrogens with zero attached hydrogens (tertiary/aromatic N) is 2. The number of aryl methyl sites for hydroxylation is 2. The van der Waals surface area contributed by atoms with Crippen molar-refractivity contribution in [3.8, 4) is 5.75 Å². The molecule has 0 saturated heterocycles. The largest absolute Gasteiger partial charge is 0.493 e. The smallest absolute Gasteiger partial charge is 0.271 e. The molecule has 1 heterocycles. The van der Waals surface area contributed by atoms with Crippen LogP contribution in [-0.2, 0) is 13.5 Å². The number of carbonyl (C=O) groups excluding carboxylic acids is 2. The molecule has 1 aromatic heterocycles. The summed E-state index contributed by atoms with van der Waals surface area (Å²) in [4.78, 5) is 25.3. The zero-order valence-corrected chi connectivity index (χ0v) is 15.8. The van der Waals surface area contributed by atoms with E-state index in [0.717, 1.165) is 6.42 Å². The number of benzene rings is 1. The van der Waals surface area contributed by atoms with E-state index in [1.54, 1.807) is 25.2 Å². The molecule has 0 unspecified atom stereocenters. The Labute approximate surface area is 153 Å². The number of nitrogens with one attached hydrogen (secondary N) is 2. The Balaban J connectivity index is 2.41. The van der Waals surface area contributed by atoms with Gasteiger partial charge in [0.25, 0.3) is 11.8 Å². The number of amides is 2. The van der Waals surface area contributed by atoms with Crippen LogP contribution in [0.15, 0.2) is 24.3 Å². The standard InChI is InChI=1S/C19H26N4O3/c1-5-10-14-16(17(23(4)22-14)19(25)20-6-2)21-18(24)13-11-8-9-12-15(13)26-7-3/h8-9,11-12H,5-7,10H2,1-4H3,(H,20,25)(H,21,24). The summed E-state index contributed by atoms with van der Waals surface area (Å²) in [6.07, 6.45) is 1.51. The summed E-state index contributed by atoms with van der Waals surface area (Å²) in [7, 11) is 1.70. The van der Waals surface area contributed by atoms with E-state index in [4.69, 9.17) is 4.74 Å². The number of hydrogen-bond acceptors (Lipinski definition) is 4. The van der Waals surface area contributed by atoms with Crippen molar-refractivity contribution in [2.24, 2.45) is 7.05 Å². The van der Waals surface area contributed by atoms with Crippen molar-refractivity contribution in [1.82, 2.24) is 15.1 Å². The van der Waals surface area contributed by atoms with E-state index in [1.807, 2.05) is 26.8 Å². The van der Waals surface area contributed by atoms with Gasteiger partial charge in [0.05, 0.1) is 23.6 Å². The van der Waals surface area contributed by atoms with E-state index in [9.17, 15) is 9.59 Å². The fourth-order valence-electron chi connectivity index (χ4n) is 2.74. The van der Waals surface area contributed by atoms with Crippen LogP contribution in [-0.4, -0.2) is 34.7 Å². The molecule has 2 N–H and O–H groups in total. The van der Waals surface area contributed by atoms with Gasteiger partial charge in [-0.05, 0) is 32.4 Å². The van der Waals surface area contributed by atoms with Crippen molar-refractivity contribution in [2.75, 3.05) is 18.5 Å². The molecular formula is C19H26N4O3. The van der Waals surface area contributed by atoms with Crippen molar-refractivity contribution in [1.29, 1.82) is 0 Å². The lowest BCUT2D eigenvalue weighted by Crippen LogP contribution is -2.27. The second-order valence-corrected chi connectivity index (χ2v) is 5.79. The molecule has 0 aliphatic carbocycles. The molecule has 0 saturated carbocycles. The number of hydrogen-bond donors (Lipinski definition) is 2. The van der Waals surface area contributed by atoms with Crippen LogP contribution >= 0.6 is 0 Å². The molecule has 2 amide bonds. The molecule has 26 heavy (non-hydrogen) atoms. The number of para-hydroxylation sites is 1. The average Bonchev–Trinajstić information content (AvgIpc) is 2.91. The molecule has 2 aromatic rings. The van der Waals surface area contributed by atoms with Gasteiger partial charge in [0, 0.05) is 13.6 Å². The van der Waals surface area contributed by atoms with Gasteiger partial charge < -0.3 is 15.4 Å². The van der Waals surface area contributed by atoms with Crippen LogP contribution < -0.4 is 15.4 Å². The highest BCUT2D eigenvalue weighted by Gasteiger charge is 2.24. The summed E-state index contributed by atoms with van der Waals surface area (Å²) < 4.78 is 7.05. The fraction of sp³-hybridized carbons (Fsp3) is 0.421. The van der Waals surface area contributed by atoms with Gasteiger partial charge in [0.15, 0.2) is 0 Å². The molecule has 0 radical (unpaired) electrons. The van der Waals surface area contributed by atoms with E-state index < -0.39 is 0 Å². The Hall–Kier alpha value is -2.83. The van der Waals surface area contributed by atoms with Gasteiger partial charge in [-0.15, -0.1) is 0 Å². The Bertz CT molecular complexity index is 783. The quantitative estimate of drug-likeness (QED) is 0.760. The van der Waals surface area contributed by atoms with Crippen molar-refractivity contribution >= 4 is 17.5 Å². The second kappa shape index (κ2) is 9.03. The highest BCUT2D eigenvalue weighted by Crippen LogP contribution is 2.25. The van der Waals surface area contributed by atoms with Crippen LogP contribution in [0.3, 0.4) is 0 Å². The molecule has 1 aromatic carbocycles. The highest BCUT2D eigenvalue weighted by molar-refractivity contribution is 6.10. The van der Waals surface area contributed by atoms with Crippen LogP contribution in [0.5, 0.6) is 5.75 Å². The lowest BCUT2D eigenvalue weighted by atomic mass is 10.1. The van der Waals surface area contributed by atoms with E-state index in [-0.39, 0.29) is 11.8 Å². The minimum atomic E-state index is -0.329. The van der Waals surface area contributed by atoms with Gasteiger partial charge in [-0.2, -0.15) is 5.10 Å². The molecule has 0 atom stereocenters. The number of ether oxygens (including phenoxy) is 1. The number of rotatable bonds is 8. The lowest BCUT2D eigenvalue weighted by Gasteiger charge is -2.12. The molecule has 7 nitrogen and oxygen atoms in total. The first-order valence-corrected chi connectivity index (χ1v) is 8.90. The minimum Gasteiger partial charge on any atom is -0.493 e. The van der Waals surface area contributed by atoms with Gasteiger partial charge >= 0.3 is 0 Å². The zero-order valence-electron chi connectivity index (χ0n) is 15.8. The van der Waals surface area contributed by atoms with Crippen molar-refractivity contribution < 1.29 is 14.3 Å². The molecular weight excluding hydrogens is 332 g/mol. The monoisotopic (exact) mass is 358 g/mol. The predicted octanol–water partition coefficient (Wildman–Crippen LogP) is 2.77. The van der Waals surface area contributed by atoms with Crippen LogP contribution in [0.1, 0.15) is 53.7 Å². The third-order valence-corrected chi connectivity index (χ3v) is 3.83. The first-order chi connectivity index (χ1) is 12.5. The van der Waals surface area contributed by atoms with Crippen molar-refractivity contribution in [3.63, 3.8) is 0 Å². The van der Waals surface area contributed by atoms with E-state index in [2.05, 4.69) is 15.7 Å². The molecule has 0 aliphatic heterocycles. The molecule has 7 heteroatoms. The summed E-state index contributed by atoms with van der Waals surface area (Å²) in [6.45, 7) is 6.69. The van der Waals surface area contributed by atoms with Gasteiger partial charge in [0.2, 0.25) is 0 Å². The predicted molar refractivity (Wildman–Crippen MR) is 101 cm³/mol. The average molecular weight is 358 g/mol. The fourth-order valence-corrected chi connectivity index (χ4v) is 2.74. The molecule has 2 rings (SSSR count). The number of aromatic nitrogens is 2. The first kappa shape index (κ1) is 19.5. The summed E-state index contributed by atoms with van der Waals surface area (Å²) in [6, 6.07) is 7.04. The van der Waals surface area contributed by atoms with Crippen LogP contribution in [0.4, 0.5) is 5.69 Å². The van der Waals surface area contributed by atoms with Gasteiger partial charge in [0.1, 0.15) is 11.4 Å². The minimum absolute atomic E-state index is 0.266. The van der Waals surface area contributed by atoms with Crippen LogP contribution in [0.2, 0.25) is 0 Å². The van der Waals surface area contributed by atoms with Gasteiger partial charge in [-0.25, -0.2) is 0 Å². The Morgan fingerprint density at radius 1 is 1.15 bits per heavy atom. The SMILES string of the molecule is CCCc1nn(C)c(C(=O)NCC)c1NC(=O)c1ccccc1OCC. The summed E-state index contributed by atoms with van der Waals surface area (Å²) in [5.41, 5.74) is 1.91. The number of carbonyl (C=O) groups is 2. The third kappa shape index (κ3) is 4.22. The summed E-state index contributed by atoms with van der Waals surface area (Å²) in [5.74, 6) is -0.0869. The normalized spacial score (nSPS) is 10.5. The summed E-state index contributed by atoms with van der Waals surface area (Å²) in [5, 5.41) is 10.1. The topological polar surface area (TPSA) is 85.3 Å². The molecule has 0 spiro atoms. The summed E-state index contributed by atoms with van der Waals surface area (Å²) >= 11 is 0. The van der Waals surface area contributed by atoms with Crippen LogP contribution in [0, 0.1) is 0 Å². The molecule has 0 bridgehead atoms. The molecule has 0 fully saturated rings. The third-order valence-electron chi connectivity index (χ3n) is 3.83.